The number of halogens is 1. The minimum Gasteiger partial charge on any atom is -0.451 e. The van der Waals surface area contributed by atoms with Crippen LogP contribution < -0.4 is 5.32 Å². The fourth-order valence-electron chi connectivity index (χ4n) is 3.54. The molecule has 8 heteroatoms. The number of carbonyl (C=O) groups excluding carboxylic acids is 2. The Bertz CT molecular complexity index is 1050. The van der Waals surface area contributed by atoms with E-state index in [-0.39, 0.29) is 17.7 Å². The van der Waals surface area contributed by atoms with Crippen molar-refractivity contribution in [3.63, 3.8) is 0 Å². The third-order valence-corrected chi connectivity index (χ3v) is 5.36. The van der Waals surface area contributed by atoms with Crippen LogP contribution in [0.1, 0.15) is 34.7 Å². The summed E-state index contributed by atoms with van der Waals surface area (Å²) in [6.07, 6.45) is 1.17. The molecule has 1 aromatic carbocycles. The number of nitrogens with zero attached hydrogens (tertiary/aromatic N) is 2. The Kier molecular flexibility index (Phi) is 4.85. The number of nitrogens with one attached hydrogen (secondary N) is 1. The number of amides is 2. The molecule has 0 aliphatic carbocycles. The number of likely N-dealkylation sites (tertiary alicyclic amines) is 1. The Balaban J connectivity index is 1.41. The van der Waals surface area contributed by atoms with Crippen LogP contribution in [0.3, 0.4) is 0 Å². The van der Waals surface area contributed by atoms with Gasteiger partial charge in [0, 0.05) is 41.0 Å². The van der Waals surface area contributed by atoms with E-state index in [2.05, 4.69) is 10.5 Å². The zero-order chi connectivity index (χ0) is 19.8. The normalized spacial score (nSPS) is 15.2. The van der Waals surface area contributed by atoms with Gasteiger partial charge in [0.1, 0.15) is 11.3 Å². The fraction of sp³-hybridized carbons (Fsp3) is 0.350. The number of anilines is 1. The standard InChI is InChI=1S/C20H20ClN3O4/c1-11-9-17(23-28-11)22-19(25)13-5-7-24(8-6-13)20(26)18-12(2)15-10-14(21)3-4-16(15)27-18/h3-4,9-10,13H,5-8H2,1-2H3,(H,22,23,25). The van der Waals surface area contributed by atoms with Gasteiger partial charge in [0.05, 0.1) is 0 Å². The first-order valence-electron chi connectivity index (χ1n) is 9.14. The highest BCUT2D eigenvalue weighted by Crippen LogP contribution is 2.30. The van der Waals surface area contributed by atoms with Gasteiger partial charge < -0.3 is 19.2 Å². The van der Waals surface area contributed by atoms with E-state index >= 15 is 0 Å². The molecule has 2 aromatic heterocycles. The maximum absolute atomic E-state index is 12.9. The molecule has 3 aromatic rings. The van der Waals surface area contributed by atoms with Gasteiger partial charge >= 0.3 is 0 Å². The molecule has 28 heavy (non-hydrogen) atoms. The van der Waals surface area contributed by atoms with Crippen molar-refractivity contribution in [1.29, 1.82) is 0 Å². The highest BCUT2D eigenvalue weighted by molar-refractivity contribution is 6.31. The number of fused-ring (bicyclic) bond motifs is 1. The molecule has 2 amide bonds. The number of aryl methyl sites for hydroxylation is 2. The van der Waals surface area contributed by atoms with Crippen molar-refractivity contribution in [3.05, 3.63) is 46.4 Å². The molecule has 1 N–H and O–H groups in total. The number of hydrogen-bond donors (Lipinski definition) is 1. The van der Waals surface area contributed by atoms with Gasteiger partial charge in [-0.1, -0.05) is 16.8 Å². The average Bonchev–Trinajstić information content (AvgIpc) is 3.24. The van der Waals surface area contributed by atoms with Crippen LogP contribution in [0, 0.1) is 19.8 Å². The molecular formula is C20H20ClN3O4. The van der Waals surface area contributed by atoms with Crippen LogP contribution in [0.4, 0.5) is 5.82 Å². The Morgan fingerprint density at radius 2 is 1.96 bits per heavy atom. The van der Waals surface area contributed by atoms with E-state index in [0.717, 1.165) is 10.9 Å². The van der Waals surface area contributed by atoms with Gasteiger partial charge in [0.25, 0.3) is 5.91 Å². The summed E-state index contributed by atoms with van der Waals surface area (Å²) in [7, 11) is 0. The second kappa shape index (κ2) is 7.31. The zero-order valence-electron chi connectivity index (χ0n) is 15.6. The average molecular weight is 402 g/mol. The molecule has 0 atom stereocenters. The van der Waals surface area contributed by atoms with Gasteiger partial charge in [0.15, 0.2) is 11.6 Å². The molecule has 0 spiro atoms. The minimum absolute atomic E-state index is 0.102. The summed E-state index contributed by atoms with van der Waals surface area (Å²) in [6, 6.07) is 6.98. The van der Waals surface area contributed by atoms with Crippen molar-refractivity contribution < 1.29 is 18.5 Å². The first-order chi connectivity index (χ1) is 13.4. The van der Waals surface area contributed by atoms with Crippen molar-refractivity contribution in [3.8, 4) is 0 Å². The zero-order valence-corrected chi connectivity index (χ0v) is 16.4. The molecule has 1 aliphatic rings. The summed E-state index contributed by atoms with van der Waals surface area (Å²) >= 11 is 6.05. The monoisotopic (exact) mass is 401 g/mol. The second-order valence-corrected chi connectivity index (χ2v) is 7.51. The molecule has 1 saturated heterocycles. The molecule has 0 saturated carbocycles. The van der Waals surface area contributed by atoms with Crippen LogP contribution >= 0.6 is 11.6 Å². The van der Waals surface area contributed by atoms with E-state index in [4.69, 9.17) is 20.5 Å². The van der Waals surface area contributed by atoms with Crippen LogP contribution in [0.5, 0.6) is 0 Å². The maximum Gasteiger partial charge on any atom is 0.289 e. The van der Waals surface area contributed by atoms with Crippen LogP contribution in [0.2, 0.25) is 5.02 Å². The molecule has 0 unspecified atom stereocenters. The highest BCUT2D eigenvalue weighted by atomic mass is 35.5. The molecule has 0 radical (unpaired) electrons. The SMILES string of the molecule is Cc1cc(NC(=O)C2CCN(C(=O)c3oc4ccc(Cl)cc4c3C)CC2)no1. The van der Waals surface area contributed by atoms with Crippen molar-refractivity contribution in [2.24, 2.45) is 5.92 Å². The molecule has 3 heterocycles. The van der Waals surface area contributed by atoms with Gasteiger partial charge in [-0.3, -0.25) is 9.59 Å². The summed E-state index contributed by atoms with van der Waals surface area (Å²) in [4.78, 5) is 27.1. The number of hydrogen-bond acceptors (Lipinski definition) is 5. The molecule has 1 aliphatic heterocycles. The number of benzene rings is 1. The number of piperidine rings is 1. The van der Waals surface area contributed by atoms with Crippen molar-refractivity contribution in [1.82, 2.24) is 10.1 Å². The van der Waals surface area contributed by atoms with Crippen LogP contribution in [-0.2, 0) is 4.79 Å². The van der Waals surface area contributed by atoms with Crippen LogP contribution in [-0.4, -0.2) is 35.0 Å². The van der Waals surface area contributed by atoms with Gasteiger partial charge in [-0.15, -0.1) is 0 Å². The summed E-state index contributed by atoms with van der Waals surface area (Å²) < 4.78 is 10.7. The molecule has 0 bridgehead atoms. The summed E-state index contributed by atoms with van der Waals surface area (Å²) in [6.45, 7) is 4.61. The minimum atomic E-state index is -0.170. The molecule has 7 nitrogen and oxygen atoms in total. The molecule has 4 rings (SSSR count). The third kappa shape index (κ3) is 3.49. The van der Waals surface area contributed by atoms with E-state index in [0.29, 0.717) is 53.9 Å². The molecule has 1 fully saturated rings. The third-order valence-electron chi connectivity index (χ3n) is 5.12. The Labute approximate surface area is 166 Å². The van der Waals surface area contributed by atoms with Gasteiger partial charge in [-0.25, -0.2) is 0 Å². The largest absolute Gasteiger partial charge is 0.451 e. The Morgan fingerprint density at radius 3 is 2.64 bits per heavy atom. The fourth-order valence-corrected chi connectivity index (χ4v) is 3.71. The Hall–Kier alpha value is -2.80. The van der Waals surface area contributed by atoms with E-state index < -0.39 is 0 Å². The lowest BCUT2D eigenvalue weighted by molar-refractivity contribution is -0.121. The van der Waals surface area contributed by atoms with Crippen LogP contribution in [0.15, 0.2) is 33.2 Å². The van der Waals surface area contributed by atoms with E-state index in [1.165, 1.54) is 0 Å². The lowest BCUT2D eigenvalue weighted by Crippen LogP contribution is -2.41. The van der Waals surface area contributed by atoms with Crippen molar-refractivity contribution in [2.75, 3.05) is 18.4 Å². The summed E-state index contributed by atoms with van der Waals surface area (Å²) in [5, 5.41) is 7.98. The van der Waals surface area contributed by atoms with E-state index in [1.807, 2.05) is 6.92 Å². The second-order valence-electron chi connectivity index (χ2n) is 7.08. The summed E-state index contributed by atoms with van der Waals surface area (Å²) in [5.74, 6) is 0.955. The van der Waals surface area contributed by atoms with Gasteiger partial charge in [0.2, 0.25) is 5.91 Å². The number of aromatic nitrogens is 1. The predicted octanol–water partition coefficient (Wildman–Crippen LogP) is 4.18. The topological polar surface area (TPSA) is 88.6 Å². The first kappa shape index (κ1) is 18.6. The van der Waals surface area contributed by atoms with E-state index in [1.54, 1.807) is 36.1 Å². The first-order valence-corrected chi connectivity index (χ1v) is 9.52. The predicted molar refractivity (Wildman–Crippen MR) is 104 cm³/mol. The Morgan fingerprint density at radius 1 is 1.21 bits per heavy atom. The molecule has 146 valence electrons. The molecular weight excluding hydrogens is 382 g/mol. The van der Waals surface area contributed by atoms with E-state index in [9.17, 15) is 9.59 Å². The number of rotatable bonds is 3. The quantitative estimate of drug-likeness (QED) is 0.711. The number of furan rings is 1. The maximum atomic E-state index is 12.9. The number of carbonyl (C=O) groups is 2. The highest BCUT2D eigenvalue weighted by Gasteiger charge is 2.30. The smallest absolute Gasteiger partial charge is 0.289 e. The van der Waals surface area contributed by atoms with Crippen LogP contribution in [0.25, 0.3) is 11.0 Å². The van der Waals surface area contributed by atoms with Gasteiger partial charge in [-0.05, 0) is 44.9 Å². The van der Waals surface area contributed by atoms with Crippen molar-refractivity contribution in [2.45, 2.75) is 26.7 Å². The summed E-state index contributed by atoms with van der Waals surface area (Å²) in [5.41, 5.74) is 1.42. The lowest BCUT2D eigenvalue weighted by Gasteiger charge is -2.30. The van der Waals surface area contributed by atoms with Gasteiger partial charge in [-0.2, -0.15) is 0 Å². The van der Waals surface area contributed by atoms with Crippen molar-refractivity contribution >= 4 is 40.2 Å². The lowest BCUT2D eigenvalue weighted by atomic mass is 9.95.